The predicted molar refractivity (Wildman–Crippen MR) is 120 cm³/mol. The van der Waals surface area contributed by atoms with E-state index in [4.69, 9.17) is 4.52 Å². The summed E-state index contributed by atoms with van der Waals surface area (Å²) in [6, 6.07) is 19.3. The Bertz CT molecular complexity index is 1190. The summed E-state index contributed by atoms with van der Waals surface area (Å²) >= 11 is 1.41. The van der Waals surface area contributed by atoms with Gasteiger partial charge in [-0.2, -0.15) is 4.98 Å². The number of nitro benzene ring substituents is 1. The van der Waals surface area contributed by atoms with Crippen LogP contribution < -0.4 is 0 Å². The number of non-ortho nitro benzene ring substituents is 1. The Morgan fingerprint density at radius 3 is 2.53 bits per heavy atom. The molecule has 32 heavy (non-hydrogen) atoms. The van der Waals surface area contributed by atoms with Gasteiger partial charge < -0.3 is 9.42 Å². The number of thiophene rings is 1. The van der Waals surface area contributed by atoms with Gasteiger partial charge >= 0.3 is 0 Å². The van der Waals surface area contributed by atoms with E-state index in [1.807, 2.05) is 54.8 Å². The highest BCUT2D eigenvalue weighted by atomic mass is 32.1. The van der Waals surface area contributed by atoms with Gasteiger partial charge in [0.1, 0.15) is 0 Å². The van der Waals surface area contributed by atoms with Crippen LogP contribution in [0.2, 0.25) is 0 Å². The quantitative estimate of drug-likeness (QED) is 0.273. The molecule has 0 radical (unpaired) electrons. The van der Waals surface area contributed by atoms with E-state index >= 15 is 0 Å². The number of carbonyl (C=O) groups excluding carboxylic acids is 1. The summed E-state index contributed by atoms with van der Waals surface area (Å²) < 4.78 is 5.37. The van der Waals surface area contributed by atoms with Gasteiger partial charge in [0.25, 0.3) is 11.6 Å². The maximum Gasteiger partial charge on any atom is 0.269 e. The van der Waals surface area contributed by atoms with Crippen molar-refractivity contribution in [3.63, 3.8) is 0 Å². The van der Waals surface area contributed by atoms with Crippen molar-refractivity contribution >= 4 is 22.9 Å². The molecule has 0 aliphatic heterocycles. The van der Waals surface area contributed by atoms with E-state index in [2.05, 4.69) is 10.1 Å². The Kier molecular flexibility index (Phi) is 6.37. The molecule has 0 aliphatic carbocycles. The van der Waals surface area contributed by atoms with Gasteiger partial charge in [-0.05, 0) is 36.1 Å². The molecule has 0 N–H and O–H groups in total. The van der Waals surface area contributed by atoms with E-state index in [9.17, 15) is 14.9 Å². The molecule has 0 fully saturated rings. The highest BCUT2D eigenvalue weighted by Gasteiger charge is 2.24. The average Bonchev–Trinajstić information content (AvgIpc) is 3.52. The van der Waals surface area contributed by atoms with Crippen molar-refractivity contribution in [1.29, 1.82) is 0 Å². The van der Waals surface area contributed by atoms with Crippen molar-refractivity contribution in [3.8, 4) is 11.4 Å². The van der Waals surface area contributed by atoms with Gasteiger partial charge in [-0.25, -0.2) is 0 Å². The number of carbonyl (C=O) groups is 1. The topological polar surface area (TPSA) is 102 Å². The summed E-state index contributed by atoms with van der Waals surface area (Å²) in [5.41, 5.74) is 1.65. The molecule has 0 unspecified atom stereocenters. The van der Waals surface area contributed by atoms with E-state index in [0.29, 0.717) is 35.1 Å². The second-order valence-corrected chi connectivity index (χ2v) is 8.08. The Morgan fingerprint density at radius 2 is 1.88 bits per heavy atom. The number of benzene rings is 2. The molecule has 0 saturated carbocycles. The van der Waals surface area contributed by atoms with Crippen molar-refractivity contribution in [3.05, 3.63) is 98.6 Å². The van der Waals surface area contributed by atoms with Gasteiger partial charge in [-0.3, -0.25) is 14.9 Å². The Balaban J connectivity index is 1.51. The summed E-state index contributed by atoms with van der Waals surface area (Å²) in [5.74, 6) is 0.691. The first kappa shape index (κ1) is 21.4. The van der Waals surface area contributed by atoms with Crippen LogP contribution in [0.3, 0.4) is 0 Å². The molecule has 0 spiro atoms. The lowest BCUT2D eigenvalue weighted by atomic mass is 10.1. The molecule has 1 atom stereocenters. The second kappa shape index (κ2) is 9.52. The number of aromatic nitrogens is 2. The van der Waals surface area contributed by atoms with E-state index in [1.165, 1.54) is 23.5 Å². The second-order valence-electron chi connectivity index (χ2n) is 7.13. The first-order valence-corrected chi connectivity index (χ1v) is 10.9. The van der Waals surface area contributed by atoms with Crippen LogP contribution in [0, 0.1) is 10.1 Å². The third-order valence-electron chi connectivity index (χ3n) is 5.11. The normalized spacial score (nSPS) is 11.8. The Labute approximate surface area is 188 Å². The third kappa shape index (κ3) is 4.73. The minimum Gasteiger partial charge on any atom is -0.339 e. The van der Waals surface area contributed by atoms with E-state index in [1.54, 1.807) is 17.0 Å². The van der Waals surface area contributed by atoms with Crippen LogP contribution >= 0.6 is 11.3 Å². The van der Waals surface area contributed by atoms with Gasteiger partial charge in [0, 0.05) is 30.7 Å². The summed E-state index contributed by atoms with van der Waals surface area (Å²) in [5, 5.41) is 16.7. The zero-order valence-corrected chi connectivity index (χ0v) is 18.1. The van der Waals surface area contributed by atoms with Gasteiger partial charge in [-0.15, -0.1) is 11.3 Å². The Hall–Kier alpha value is -3.85. The molecule has 4 aromatic rings. The molecule has 0 aliphatic rings. The molecule has 8 nitrogen and oxygen atoms in total. The fourth-order valence-electron chi connectivity index (χ4n) is 3.35. The van der Waals surface area contributed by atoms with Gasteiger partial charge in [-0.1, -0.05) is 41.6 Å². The molecule has 9 heteroatoms. The van der Waals surface area contributed by atoms with Crippen molar-refractivity contribution in [2.45, 2.75) is 19.4 Å². The van der Waals surface area contributed by atoms with Crippen molar-refractivity contribution in [2.75, 3.05) is 6.54 Å². The monoisotopic (exact) mass is 448 g/mol. The summed E-state index contributed by atoms with van der Waals surface area (Å²) in [7, 11) is 0. The zero-order chi connectivity index (χ0) is 22.5. The highest BCUT2D eigenvalue weighted by molar-refractivity contribution is 7.12. The highest BCUT2D eigenvalue weighted by Crippen LogP contribution is 2.25. The van der Waals surface area contributed by atoms with Crippen LogP contribution in [0.15, 0.2) is 76.6 Å². The first-order chi connectivity index (χ1) is 15.5. The maximum atomic E-state index is 13.2. The van der Waals surface area contributed by atoms with E-state index in [-0.39, 0.29) is 17.6 Å². The van der Waals surface area contributed by atoms with Gasteiger partial charge in [0.15, 0.2) is 0 Å². The van der Waals surface area contributed by atoms with Crippen LogP contribution in [0.25, 0.3) is 11.4 Å². The molecule has 162 valence electrons. The Morgan fingerprint density at radius 1 is 1.12 bits per heavy atom. The van der Waals surface area contributed by atoms with Crippen LogP contribution in [0.4, 0.5) is 5.69 Å². The van der Waals surface area contributed by atoms with Crippen LogP contribution in [0.1, 0.15) is 34.1 Å². The minimum absolute atomic E-state index is 0.00454. The fraction of sp³-hybridized carbons (Fsp3) is 0.174. The largest absolute Gasteiger partial charge is 0.339 e. The molecule has 2 aromatic carbocycles. The van der Waals surface area contributed by atoms with Crippen LogP contribution in [-0.4, -0.2) is 32.4 Å². The lowest BCUT2D eigenvalue weighted by Gasteiger charge is -2.29. The molecule has 0 saturated heterocycles. The van der Waals surface area contributed by atoms with Gasteiger partial charge in [0.05, 0.1) is 15.8 Å². The number of hydrogen-bond acceptors (Lipinski definition) is 7. The maximum absolute atomic E-state index is 13.2. The first-order valence-electron chi connectivity index (χ1n) is 10.00. The van der Waals surface area contributed by atoms with Crippen molar-refractivity contribution in [1.82, 2.24) is 15.0 Å². The number of hydrogen-bond donors (Lipinski definition) is 0. The average molecular weight is 449 g/mol. The molecular formula is C23H20N4O4S. The number of amides is 1. The van der Waals surface area contributed by atoms with Crippen molar-refractivity contribution < 1.29 is 14.2 Å². The number of rotatable bonds is 8. The third-order valence-corrected chi connectivity index (χ3v) is 5.97. The van der Waals surface area contributed by atoms with E-state index < -0.39 is 4.92 Å². The molecule has 2 aromatic heterocycles. The molecule has 4 rings (SSSR count). The molecular weight excluding hydrogens is 428 g/mol. The lowest BCUT2D eigenvalue weighted by molar-refractivity contribution is -0.384. The minimum atomic E-state index is -0.460. The molecule has 2 heterocycles. The zero-order valence-electron chi connectivity index (χ0n) is 17.2. The summed E-state index contributed by atoms with van der Waals surface area (Å²) in [6.07, 6.45) is 0.383. The fourth-order valence-corrected chi connectivity index (χ4v) is 4.03. The standard InChI is InChI=1S/C23H20N4O4S/c1-16(17-6-3-2-4-7-17)26(23(28)20-8-5-15-32-20)14-13-21-24-22(25-31-21)18-9-11-19(12-10-18)27(29)30/h2-12,15-16H,13-14H2,1H3/t16-/m0/s1. The molecule has 1 amide bonds. The number of nitro groups is 1. The smallest absolute Gasteiger partial charge is 0.269 e. The lowest BCUT2D eigenvalue weighted by Crippen LogP contribution is -2.35. The number of nitrogens with zero attached hydrogens (tertiary/aromatic N) is 4. The predicted octanol–water partition coefficient (Wildman–Crippen LogP) is 5.15. The van der Waals surface area contributed by atoms with E-state index in [0.717, 1.165) is 5.56 Å². The molecule has 0 bridgehead atoms. The summed E-state index contributed by atoms with van der Waals surface area (Å²) in [6.45, 7) is 2.39. The van der Waals surface area contributed by atoms with Crippen LogP contribution in [-0.2, 0) is 6.42 Å². The SMILES string of the molecule is C[C@@H](c1ccccc1)N(CCc1nc(-c2ccc([N+](=O)[O-])cc2)no1)C(=O)c1cccs1. The summed E-state index contributed by atoms with van der Waals surface area (Å²) in [4.78, 5) is 30.4. The van der Waals surface area contributed by atoms with Crippen molar-refractivity contribution in [2.24, 2.45) is 0 Å². The van der Waals surface area contributed by atoms with Crippen LogP contribution in [0.5, 0.6) is 0 Å². The van der Waals surface area contributed by atoms with Gasteiger partial charge in [0.2, 0.25) is 11.7 Å².